The molecule has 0 aliphatic carbocycles. The number of nitrogens with one attached hydrogen (secondary N) is 1. The van der Waals surface area contributed by atoms with Crippen LogP contribution < -0.4 is 5.32 Å². The molecule has 3 rings (SSSR count). The standard InChI is InChI=1S/C19H21Cl2N5O/c1-4-17(26-13(3)18(21)12(2)24-26)19(27)23-16-7-5-6-14(8-16)10-25-11-15(20)9-22-25/h5-9,11,17H,4,10H2,1-3H3,(H,23,27). The van der Waals surface area contributed by atoms with Crippen molar-refractivity contribution in [2.45, 2.75) is 39.8 Å². The normalized spacial score (nSPS) is 12.2. The molecule has 1 unspecified atom stereocenters. The molecule has 0 aliphatic heterocycles. The molecule has 1 atom stereocenters. The molecule has 8 heteroatoms. The SMILES string of the molecule is CCC(C(=O)Nc1cccc(Cn2cc(Cl)cn2)c1)n1nc(C)c(Cl)c1C. The summed E-state index contributed by atoms with van der Waals surface area (Å²) in [7, 11) is 0. The van der Waals surface area contributed by atoms with E-state index in [2.05, 4.69) is 15.5 Å². The Morgan fingerprint density at radius 3 is 2.67 bits per heavy atom. The predicted molar refractivity (Wildman–Crippen MR) is 107 cm³/mol. The van der Waals surface area contributed by atoms with Crippen molar-refractivity contribution in [3.05, 3.63) is 63.7 Å². The largest absolute Gasteiger partial charge is 0.324 e. The molecule has 0 aliphatic rings. The third kappa shape index (κ3) is 4.34. The monoisotopic (exact) mass is 405 g/mol. The van der Waals surface area contributed by atoms with Crippen LogP contribution >= 0.6 is 23.2 Å². The minimum Gasteiger partial charge on any atom is -0.324 e. The van der Waals surface area contributed by atoms with Gasteiger partial charge in [0, 0.05) is 11.9 Å². The van der Waals surface area contributed by atoms with E-state index < -0.39 is 6.04 Å². The van der Waals surface area contributed by atoms with Gasteiger partial charge >= 0.3 is 0 Å². The van der Waals surface area contributed by atoms with E-state index in [9.17, 15) is 4.79 Å². The lowest BCUT2D eigenvalue weighted by molar-refractivity contribution is -0.119. The highest BCUT2D eigenvalue weighted by molar-refractivity contribution is 6.31. The van der Waals surface area contributed by atoms with Gasteiger partial charge in [-0.05, 0) is 38.0 Å². The molecule has 2 aromatic heterocycles. The molecular formula is C19H21Cl2N5O. The highest BCUT2D eigenvalue weighted by atomic mass is 35.5. The highest BCUT2D eigenvalue weighted by Gasteiger charge is 2.23. The molecule has 1 amide bonds. The van der Waals surface area contributed by atoms with Crippen LogP contribution in [0.25, 0.3) is 0 Å². The van der Waals surface area contributed by atoms with Gasteiger partial charge in [-0.15, -0.1) is 0 Å². The summed E-state index contributed by atoms with van der Waals surface area (Å²) < 4.78 is 3.44. The summed E-state index contributed by atoms with van der Waals surface area (Å²) in [5.41, 5.74) is 3.25. The van der Waals surface area contributed by atoms with Crippen molar-refractivity contribution in [2.24, 2.45) is 0 Å². The summed E-state index contributed by atoms with van der Waals surface area (Å²) in [4.78, 5) is 12.8. The number of anilines is 1. The molecule has 142 valence electrons. The maximum atomic E-state index is 12.8. The second-order valence-corrected chi connectivity index (χ2v) is 7.21. The van der Waals surface area contributed by atoms with E-state index in [1.54, 1.807) is 21.8 Å². The van der Waals surface area contributed by atoms with Crippen molar-refractivity contribution < 1.29 is 4.79 Å². The third-order valence-corrected chi connectivity index (χ3v) is 5.10. The number of carbonyl (C=O) groups is 1. The summed E-state index contributed by atoms with van der Waals surface area (Å²) in [5.74, 6) is -0.126. The van der Waals surface area contributed by atoms with Gasteiger partial charge in [-0.25, -0.2) is 0 Å². The van der Waals surface area contributed by atoms with Gasteiger partial charge in [0.25, 0.3) is 0 Å². The summed E-state index contributed by atoms with van der Waals surface area (Å²) >= 11 is 12.1. The number of hydrogen-bond donors (Lipinski definition) is 1. The molecular weight excluding hydrogens is 385 g/mol. The Hall–Kier alpha value is -2.31. The fourth-order valence-corrected chi connectivity index (χ4v) is 3.28. The van der Waals surface area contributed by atoms with Gasteiger partial charge in [0.2, 0.25) is 5.91 Å². The fraction of sp³-hybridized carbons (Fsp3) is 0.316. The summed E-state index contributed by atoms with van der Waals surface area (Å²) in [5, 5.41) is 12.8. The number of nitrogens with zero attached hydrogens (tertiary/aromatic N) is 4. The maximum absolute atomic E-state index is 12.8. The summed E-state index contributed by atoms with van der Waals surface area (Å²) in [6.07, 6.45) is 3.96. The van der Waals surface area contributed by atoms with Crippen LogP contribution in [0.3, 0.4) is 0 Å². The van der Waals surface area contributed by atoms with Crippen molar-refractivity contribution in [1.82, 2.24) is 19.6 Å². The van der Waals surface area contributed by atoms with E-state index >= 15 is 0 Å². The summed E-state index contributed by atoms with van der Waals surface area (Å²) in [6.45, 7) is 6.22. The van der Waals surface area contributed by atoms with Gasteiger partial charge < -0.3 is 5.32 Å². The lowest BCUT2D eigenvalue weighted by Crippen LogP contribution is -2.27. The molecule has 6 nitrogen and oxygen atoms in total. The van der Waals surface area contributed by atoms with Crippen LogP contribution in [0, 0.1) is 13.8 Å². The van der Waals surface area contributed by atoms with Crippen molar-refractivity contribution in [3.8, 4) is 0 Å². The Morgan fingerprint density at radius 1 is 1.30 bits per heavy atom. The van der Waals surface area contributed by atoms with E-state index in [0.717, 1.165) is 22.6 Å². The van der Waals surface area contributed by atoms with E-state index in [-0.39, 0.29) is 5.91 Å². The van der Waals surface area contributed by atoms with Crippen LogP contribution in [0.1, 0.15) is 36.3 Å². The zero-order chi connectivity index (χ0) is 19.6. The Labute approximate surface area is 168 Å². The van der Waals surface area contributed by atoms with Gasteiger partial charge in [0.05, 0.1) is 34.2 Å². The van der Waals surface area contributed by atoms with Crippen LogP contribution in [0.4, 0.5) is 5.69 Å². The molecule has 2 heterocycles. The van der Waals surface area contributed by atoms with Crippen LogP contribution in [-0.2, 0) is 11.3 Å². The maximum Gasteiger partial charge on any atom is 0.249 e. The van der Waals surface area contributed by atoms with Crippen molar-refractivity contribution in [3.63, 3.8) is 0 Å². The summed E-state index contributed by atoms with van der Waals surface area (Å²) in [6, 6.07) is 7.23. The number of halogens is 2. The predicted octanol–water partition coefficient (Wildman–Crippen LogP) is 4.64. The average molecular weight is 406 g/mol. The number of hydrogen-bond acceptors (Lipinski definition) is 3. The Bertz CT molecular complexity index is 963. The Morgan fingerprint density at radius 2 is 2.07 bits per heavy atom. The lowest BCUT2D eigenvalue weighted by atomic mass is 10.1. The zero-order valence-corrected chi connectivity index (χ0v) is 16.9. The van der Waals surface area contributed by atoms with E-state index in [0.29, 0.717) is 23.0 Å². The fourth-order valence-electron chi connectivity index (χ4n) is 3.00. The van der Waals surface area contributed by atoms with Crippen LogP contribution in [-0.4, -0.2) is 25.5 Å². The molecule has 3 aromatic rings. The minimum absolute atomic E-state index is 0.126. The molecule has 0 radical (unpaired) electrons. The topological polar surface area (TPSA) is 64.7 Å². The highest BCUT2D eigenvalue weighted by Crippen LogP contribution is 2.25. The van der Waals surface area contributed by atoms with Crippen molar-refractivity contribution in [2.75, 3.05) is 5.32 Å². The van der Waals surface area contributed by atoms with Gasteiger partial charge in [-0.2, -0.15) is 10.2 Å². The molecule has 0 saturated carbocycles. The van der Waals surface area contributed by atoms with Gasteiger partial charge in [-0.1, -0.05) is 42.3 Å². The first-order valence-electron chi connectivity index (χ1n) is 8.68. The number of rotatable bonds is 6. The molecule has 1 aromatic carbocycles. The molecule has 0 saturated heterocycles. The average Bonchev–Trinajstić information content (AvgIpc) is 3.14. The van der Waals surface area contributed by atoms with Gasteiger partial charge in [-0.3, -0.25) is 14.2 Å². The molecule has 0 fully saturated rings. The lowest BCUT2D eigenvalue weighted by Gasteiger charge is -2.17. The number of benzene rings is 1. The van der Waals surface area contributed by atoms with Crippen LogP contribution in [0.2, 0.25) is 10.0 Å². The number of carbonyl (C=O) groups excluding carboxylic acids is 1. The van der Waals surface area contributed by atoms with E-state index in [1.807, 2.05) is 45.0 Å². The molecule has 0 bridgehead atoms. The number of aromatic nitrogens is 4. The molecule has 1 N–H and O–H groups in total. The van der Waals surface area contributed by atoms with Crippen molar-refractivity contribution in [1.29, 1.82) is 0 Å². The van der Waals surface area contributed by atoms with Crippen LogP contribution in [0.15, 0.2) is 36.7 Å². The minimum atomic E-state index is -0.426. The van der Waals surface area contributed by atoms with Gasteiger partial charge in [0.1, 0.15) is 6.04 Å². The second-order valence-electron chi connectivity index (χ2n) is 6.40. The van der Waals surface area contributed by atoms with E-state index in [1.165, 1.54) is 0 Å². The Kier molecular flexibility index (Phi) is 5.87. The van der Waals surface area contributed by atoms with Gasteiger partial charge in [0.15, 0.2) is 0 Å². The second kappa shape index (κ2) is 8.15. The van der Waals surface area contributed by atoms with Crippen molar-refractivity contribution >= 4 is 34.8 Å². The van der Waals surface area contributed by atoms with Crippen LogP contribution in [0.5, 0.6) is 0 Å². The zero-order valence-electron chi connectivity index (χ0n) is 15.4. The first-order chi connectivity index (χ1) is 12.9. The Balaban J connectivity index is 1.76. The molecule has 27 heavy (non-hydrogen) atoms. The third-order valence-electron chi connectivity index (χ3n) is 4.36. The first kappa shape index (κ1) is 19.5. The van der Waals surface area contributed by atoms with E-state index in [4.69, 9.17) is 23.2 Å². The number of aryl methyl sites for hydroxylation is 1. The molecule has 0 spiro atoms. The quantitative estimate of drug-likeness (QED) is 0.649. The smallest absolute Gasteiger partial charge is 0.249 e. The number of amides is 1. The first-order valence-corrected chi connectivity index (χ1v) is 9.43.